The summed E-state index contributed by atoms with van der Waals surface area (Å²) >= 11 is 0. The Kier molecular flexibility index (Phi) is 4.33. The number of hydrogen-bond acceptors (Lipinski definition) is 4. The van der Waals surface area contributed by atoms with E-state index in [0.717, 1.165) is 9.80 Å². The topological polar surface area (TPSA) is 70.1 Å². The molecule has 3 aromatic carbocycles. The SMILES string of the molecule is COc1ccc(C2(O)C(=O)N(c3ccccc3)C(=O)N2c2ccccc2)cc1. The lowest BCUT2D eigenvalue weighted by molar-refractivity contribution is -0.133. The average molecular weight is 374 g/mol. The Morgan fingerprint density at radius 1 is 0.786 bits per heavy atom. The highest BCUT2D eigenvalue weighted by molar-refractivity contribution is 6.29. The zero-order valence-electron chi connectivity index (χ0n) is 15.1. The van der Waals surface area contributed by atoms with Gasteiger partial charge in [0.25, 0.3) is 11.6 Å². The minimum Gasteiger partial charge on any atom is -0.497 e. The second-order valence-electron chi connectivity index (χ2n) is 6.33. The van der Waals surface area contributed by atoms with E-state index in [-0.39, 0.29) is 5.56 Å². The minimum absolute atomic E-state index is 0.272. The van der Waals surface area contributed by atoms with E-state index in [1.165, 1.54) is 7.11 Å². The summed E-state index contributed by atoms with van der Waals surface area (Å²) in [6, 6.07) is 23.0. The van der Waals surface area contributed by atoms with Crippen molar-refractivity contribution in [3.8, 4) is 5.75 Å². The maximum Gasteiger partial charge on any atom is 0.339 e. The van der Waals surface area contributed by atoms with Gasteiger partial charge >= 0.3 is 6.03 Å². The van der Waals surface area contributed by atoms with Crippen molar-refractivity contribution in [1.29, 1.82) is 0 Å². The molecule has 3 aromatic rings. The van der Waals surface area contributed by atoms with Gasteiger partial charge in [-0.3, -0.25) is 9.69 Å². The lowest BCUT2D eigenvalue weighted by Gasteiger charge is -2.30. The molecule has 1 fully saturated rings. The molecule has 0 spiro atoms. The first-order valence-corrected chi connectivity index (χ1v) is 8.73. The fraction of sp³-hybridized carbons (Fsp3) is 0.0909. The number of amides is 3. The van der Waals surface area contributed by atoms with Gasteiger partial charge < -0.3 is 9.84 Å². The van der Waals surface area contributed by atoms with Gasteiger partial charge in [-0.05, 0) is 48.5 Å². The van der Waals surface area contributed by atoms with Crippen LogP contribution in [0.2, 0.25) is 0 Å². The summed E-state index contributed by atoms with van der Waals surface area (Å²) in [5, 5.41) is 11.6. The number of carbonyl (C=O) groups excluding carboxylic acids is 2. The lowest BCUT2D eigenvalue weighted by Crippen LogP contribution is -2.47. The van der Waals surface area contributed by atoms with E-state index in [2.05, 4.69) is 0 Å². The van der Waals surface area contributed by atoms with Crippen molar-refractivity contribution >= 4 is 23.3 Å². The first kappa shape index (κ1) is 17.8. The molecule has 0 saturated carbocycles. The van der Waals surface area contributed by atoms with Crippen LogP contribution in [0.25, 0.3) is 0 Å². The van der Waals surface area contributed by atoms with E-state index in [4.69, 9.17) is 4.74 Å². The van der Waals surface area contributed by atoms with Crippen LogP contribution in [-0.2, 0) is 10.5 Å². The fourth-order valence-electron chi connectivity index (χ4n) is 3.33. The Labute approximate surface area is 162 Å². The summed E-state index contributed by atoms with van der Waals surface area (Å²) in [6.07, 6.45) is 0. The normalized spacial score (nSPS) is 19.2. The second kappa shape index (κ2) is 6.83. The van der Waals surface area contributed by atoms with Crippen molar-refractivity contribution in [2.75, 3.05) is 16.9 Å². The van der Waals surface area contributed by atoms with Crippen LogP contribution >= 0.6 is 0 Å². The Bertz CT molecular complexity index is 1010. The molecule has 3 amide bonds. The highest BCUT2D eigenvalue weighted by Crippen LogP contribution is 2.41. The van der Waals surface area contributed by atoms with Crippen LogP contribution in [0.15, 0.2) is 84.9 Å². The van der Waals surface area contributed by atoms with Crippen molar-refractivity contribution in [2.24, 2.45) is 0 Å². The van der Waals surface area contributed by atoms with Crippen molar-refractivity contribution in [2.45, 2.75) is 5.72 Å². The van der Waals surface area contributed by atoms with Crippen LogP contribution < -0.4 is 14.5 Å². The number of ether oxygens (including phenoxy) is 1. The molecule has 6 nitrogen and oxygen atoms in total. The van der Waals surface area contributed by atoms with Crippen LogP contribution in [0, 0.1) is 0 Å². The van der Waals surface area contributed by atoms with Crippen LogP contribution in [-0.4, -0.2) is 24.2 Å². The molecular formula is C22H18N2O4. The van der Waals surface area contributed by atoms with Gasteiger partial charge in [0.15, 0.2) is 0 Å². The third-order valence-corrected chi connectivity index (χ3v) is 4.73. The molecule has 0 aliphatic carbocycles. The molecule has 28 heavy (non-hydrogen) atoms. The predicted octanol–water partition coefficient (Wildman–Crippen LogP) is 3.51. The van der Waals surface area contributed by atoms with Crippen molar-refractivity contribution in [3.63, 3.8) is 0 Å². The highest BCUT2D eigenvalue weighted by Gasteiger charge is 2.59. The van der Waals surface area contributed by atoms with Crippen LogP contribution in [0.4, 0.5) is 16.2 Å². The first-order valence-electron chi connectivity index (χ1n) is 8.73. The molecule has 1 saturated heterocycles. The molecule has 4 rings (SSSR count). The van der Waals surface area contributed by atoms with Crippen molar-refractivity contribution in [1.82, 2.24) is 0 Å². The Balaban J connectivity index is 1.89. The van der Waals surface area contributed by atoms with E-state index >= 15 is 0 Å². The van der Waals surface area contributed by atoms with Gasteiger partial charge in [0.2, 0.25) is 0 Å². The maximum atomic E-state index is 13.4. The van der Waals surface area contributed by atoms with Gasteiger partial charge in [0.1, 0.15) is 5.75 Å². The number of anilines is 2. The number of imide groups is 1. The standard InChI is InChI=1S/C22H18N2O4/c1-28-19-14-12-16(13-15-19)22(27)20(25)23(17-8-4-2-5-9-17)21(26)24(22)18-10-6-3-7-11-18/h2-15,27H,1H3. The smallest absolute Gasteiger partial charge is 0.339 e. The minimum atomic E-state index is -2.18. The van der Waals surface area contributed by atoms with Gasteiger partial charge in [-0.25, -0.2) is 9.69 Å². The summed E-state index contributed by atoms with van der Waals surface area (Å²) in [5.74, 6) is -0.159. The summed E-state index contributed by atoms with van der Waals surface area (Å²) in [4.78, 5) is 28.7. The molecule has 0 aromatic heterocycles. The second-order valence-corrected chi connectivity index (χ2v) is 6.33. The third kappa shape index (κ3) is 2.62. The highest BCUT2D eigenvalue weighted by atomic mass is 16.5. The van der Waals surface area contributed by atoms with Crippen molar-refractivity contribution in [3.05, 3.63) is 90.5 Å². The number of urea groups is 1. The van der Waals surface area contributed by atoms with E-state index < -0.39 is 17.7 Å². The fourth-order valence-corrected chi connectivity index (χ4v) is 3.33. The number of methoxy groups -OCH3 is 1. The van der Waals surface area contributed by atoms with Crippen molar-refractivity contribution < 1.29 is 19.4 Å². The van der Waals surface area contributed by atoms with E-state index in [1.54, 1.807) is 84.9 Å². The molecule has 0 bridgehead atoms. The number of hydrogen-bond donors (Lipinski definition) is 1. The number of rotatable bonds is 4. The Morgan fingerprint density at radius 3 is 1.86 bits per heavy atom. The van der Waals surface area contributed by atoms with E-state index in [9.17, 15) is 14.7 Å². The van der Waals surface area contributed by atoms with Gasteiger partial charge in [-0.15, -0.1) is 0 Å². The van der Waals surface area contributed by atoms with E-state index in [0.29, 0.717) is 17.1 Å². The van der Waals surface area contributed by atoms with Crippen LogP contribution in [0.1, 0.15) is 5.56 Å². The summed E-state index contributed by atoms with van der Waals surface area (Å²) in [7, 11) is 1.53. The van der Waals surface area contributed by atoms with Gasteiger partial charge in [-0.2, -0.15) is 0 Å². The number of carbonyl (C=O) groups is 2. The zero-order chi connectivity index (χ0) is 19.7. The number of para-hydroxylation sites is 2. The van der Waals surface area contributed by atoms with Gasteiger partial charge in [0, 0.05) is 11.3 Å². The number of aliphatic hydroxyl groups is 1. The van der Waals surface area contributed by atoms with Gasteiger partial charge in [0.05, 0.1) is 12.8 Å². The van der Waals surface area contributed by atoms with Crippen LogP contribution in [0.3, 0.4) is 0 Å². The molecule has 1 heterocycles. The zero-order valence-corrected chi connectivity index (χ0v) is 15.1. The summed E-state index contributed by atoms with van der Waals surface area (Å²) < 4.78 is 5.16. The Morgan fingerprint density at radius 2 is 1.32 bits per heavy atom. The molecule has 1 atom stereocenters. The molecule has 1 unspecified atom stereocenters. The summed E-state index contributed by atoms with van der Waals surface area (Å²) in [6.45, 7) is 0. The predicted molar refractivity (Wildman–Crippen MR) is 105 cm³/mol. The third-order valence-electron chi connectivity index (χ3n) is 4.73. The number of nitrogens with zero attached hydrogens (tertiary/aromatic N) is 2. The molecule has 6 heteroatoms. The van der Waals surface area contributed by atoms with Gasteiger partial charge in [-0.1, -0.05) is 36.4 Å². The summed E-state index contributed by atoms with van der Waals surface area (Å²) in [5.41, 5.74) is -1.10. The monoisotopic (exact) mass is 374 g/mol. The molecule has 1 aliphatic rings. The molecule has 140 valence electrons. The average Bonchev–Trinajstić information content (AvgIpc) is 2.95. The van der Waals surface area contributed by atoms with E-state index in [1.807, 2.05) is 0 Å². The first-order chi connectivity index (χ1) is 13.6. The maximum absolute atomic E-state index is 13.4. The quantitative estimate of drug-likeness (QED) is 0.710. The lowest BCUT2D eigenvalue weighted by atomic mass is 10.00. The Hall–Kier alpha value is -3.64. The van der Waals surface area contributed by atoms with Crippen LogP contribution in [0.5, 0.6) is 5.75 Å². The largest absolute Gasteiger partial charge is 0.497 e. The molecule has 1 aliphatic heterocycles. The molecular weight excluding hydrogens is 356 g/mol. The molecule has 0 radical (unpaired) electrons. The molecule has 1 N–H and O–H groups in total. The number of benzene rings is 3.